The number of hydrogen-bond donors (Lipinski definition) is 2. The summed E-state index contributed by atoms with van der Waals surface area (Å²) in [7, 11) is 0. The Labute approximate surface area is 102 Å². The Morgan fingerprint density at radius 1 is 1.33 bits per heavy atom. The van der Waals surface area contributed by atoms with E-state index in [1.807, 2.05) is 0 Å². The maximum absolute atomic E-state index is 14.1. The Morgan fingerprint density at radius 2 is 1.94 bits per heavy atom. The molecule has 98 valence electrons. The average Bonchev–Trinajstić information content (AvgIpc) is 2.79. The van der Waals surface area contributed by atoms with Crippen molar-refractivity contribution < 1.29 is 18.0 Å². The summed E-state index contributed by atoms with van der Waals surface area (Å²) < 4.78 is 40.9. The lowest BCUT2D eigenvalue weighted by Crippen LogP contribution is -2.36. The van der Waals surface area contributed by atoms with Gasteiger partial charge in [-0.1, -0.05) is 12.1 Å². The molecular weight excluding hydrogens is 245 g/mol. The summed E-state index contributed by atoms with van der Waals surface area (Å²) in [6.45, 7) is 0.0119. The maximum atomic E-state index is 14.1. The molecule has 1 fully saturated rings. The van der Waals surface area contributed by atoms with E-state index >= 15 is 0 Å². The van der Waals surface area contributed by atoms with E-state index in [0.717, 1.165) is 24.3 Å². The van der Waals surface area contributed by atoms with Crippen molar-refractivity contribution >= 4 is 5.91 Å². The molecule has 0 bridgehead atoms. The van der Waals surface area contributed by atoms with Gasteiger partial charge in [0.15, 0.2) is 0 Å². The van der Waals surface area contributed by atoms with Crippen LogP contribution in [-0.4, -0.2) is 18.5 Å². The first-order valence-electron chi connectivity index (χ1n) is 5.58. The van der Waals surface area contributed by atoms with Gasteiger partial charge in [0.1, 0.15) is 5.82 Å². The lowest BCUT2D eigenvalue weighted by Gasteiger charge is -2.23. The second kappa shape index (κ2) is 4.61. The third kappa shape index (κ3) is 2.33. The second-order valence-electron chi connectivity index (χ2n) is 4.43. The molecule has 2 rings (SSSR count). The monoisotopic (exact) mass is 258 g/mol. The predicted octanol–water partition coefficient (Wildman–Crippen LogP) is 1.38. The first-order valence-corrected chi connectivity index (χ1v) is 5.58. The molecule has 1 aliphatic heterocycles. The molecule has 3 N–H and O–H groups in total. The molecule has 0 aromatic heterocycles. The zero-order chi connectivity index (χ0) is 13.3. The Morgan fingerprint density at radius 3 is 2.44 bits per heavy atom. The van der Waals surface area contributed by atoms with E-state index in [-0.39, 0.29) is 18.5 Å². The van der Waals surface area contributed by atoms with Crippen LogP contribution in [0.15, 0.2) is 24.3 Å². The van der Waals surface area contributed by atoms with Crippen LogP contribution < -0.4 is 11.1 Å². The van der Waals surface area contributed by atoms with Crippen molar-refractivity contribution in [2.45, 2.75) is 18.4 Å². The highest BCUT2D eigenvalue weighted by atomic mass is 19.3. The van der Waals surface area contributed by atoms with Crippen molar-refractivity contribution in [2.75, 3.05) is 6.54 Å². The van der Waals surface area contributed by atoms with Gasteiger partial charge in [-0.3, -0.25) is 4.79 Å². The van der Waals surface area contributed by atoms with Crippen LogP contribution in [0.3, 0.4) is 0 Å². The highest BCUT2D eigenvalue weighted by Gasteiger charge is 2.46. The van der Waals surface area contributed by atoms with E-state index in [4.69, 9.17) is 5.73 Å². The number of halogens is 3. The van der Waals surface area contributed by atoms with E-state index in [0.29, 0.717) is 0 Å². The molecule has 1 aromatic carbocycles. The van der Waals surface area contributed by atoms with Crippen LogP contribution in [-0.2, 0) is 10.7 Å². The fourth-order valence-corrected chi connectivity index (χ4v) is 2.14. The maximum Gasteiger partial charge on any atom is 0.277 e. The standard InChI is InChI=1S/C12H13F3N2O/c13-9-3-1-7(2-4-9)12(14,15)8-5-10(11(16)18)17-6-8/h1-4,8,10,17H,5-6H2,(H2,16,18). The number of alkyl halides is 2. The van der Waals surface area contributed by atoms with Gasteiger partial charge < -0.3 is 11.1 Å². The fourth-order valence-electron chi connectivity index (χ4n) is 2.14. The Hall–Kier alpha value is -1.56. The molecule has 0 saturated carbocycles. The number of amides is 1. The van der Waals surface area contributed by atoms with Crippen LogP contribution in [0.5, 0.6) is 0 Å². The van der Waals surface area contributed by atoms with Crippen molar-refractivity contribution in [2.24, 2.45) is 11.7 Å². The van der Waals surface area contributed by atoms with Crippen molar-refractivity contribution in [3.05, 3.63) is 35.6 Å². The van der Waals surface area contributed by atoms with E-state index in [2.05, 4.69) is 5.32 Å². The normalized spacial score (nSPS) is 24.2. The SMILES string of the molecule is NC(=O)C1CC(C(F)(F)c2ccc(F)cc2)CN1. The minimum Gasteiger partial charge on any atom is -0.368 e. The van der Waals surface area contributed by atoms with E-state index in [9.17, 15) is 18.0 Å². The van der Waals surface area contributed by atoms with Crippen molar-refractivity contribution in [3.63, 3.8) is 0 Å². The van der Waals surface area contributed by atoms with Crippen LogP contribution in [0, 0.1) is 11.7 Å². The number of rotatable bonds is 3. The zero-order valence-electron chi connectivity index (χ0n) is 9.50. The molecule has 18 heavy (non-hydrogen) atoms. The lowest BCUT2D eigenvalue weighted by molar-refractivity contribution is -0.120. The summed E-state index contributed by atoms with van der Waals surface area (Å²) in [6, 6.07) is 3.40. The number of nitrogens with one attached hydrogen (secondary N) is 1. The molecule has 1 aliphatic rings. The molecule has 0 aliphatic carbocycles. The van der Waals surface area contributed by atoms with Crippen LogP contribution in [0.4, 0.5) is 13.2 Å². The van der Waals surface area contributed by atoms with Crippen LogP contribution in [0.2, 0.25) is 0 Å². The van der Waals surface area contributed by atoms with E-state index in [1.54, 1.807) is 0 Å². The van der Waals surface area contributed by atoms with Gasteiger partial charge in [-0.2, -0.15) is 0 Å². The zero-order valence-corrected chi connectivity index (χ0v) is 9.50. The third-order valence-electron chi connectivity index (χ3n) is 3.22. The Bertz CT molecular complexity index is 447. The van der Waals surface area contributed by atoms with Gasteiger partial charge in [0, 0.05) is 18.0 Å². The molecule has 1 amide bonds. The van der Waals surface area contributed by atoms with Crippen LogP contribution >= 0.6 is 0 Å². The van der Waals surface area contributed by atoms with Crippen LogP contribution in [0.25, 0.3) is 0 Å². The Balaban J connectivity index is 2.16. The van der Waals surface area contributed by atoms with Gasteiger partial charge in [-0.25, -0.2) is 13.2 Å². The Kier molecular flexibility index (Phi) is 3.30. The minimum absolute atomic E-state index is 0.0119. The van der Waals surface area contributed by atoms with Gasteiger partial charge in [0.2, 0.25) is 5.91 Å². The molecular formula is C12H13F3N2O. The molecule has 1 saturated heterocycles. The molecule has 3 nitrogen and oxygen atoms in total. The molecule has 0 spiro atoms. The predicted molar refractivity (Wildman–Crippen MR) is 59.4 cm³/mol. The topological polar surface area (TPSA) is 55.1 Å². The number of nitrogens with two attached hydrogens (primary N) is 1. The van der Waals surface area contributed by atoms with Crippen LogP contribution in [0.1, 0.15) is 12.0 Å². The van der Waals surface area contributed by atoms with E-state index < -0.39 is 29.6 Å². The van der Waals surface area contributed by atoms with Gasteiger partial charge in [-0.05, 0) is 18.6 Å². The first kappa shape index (κ1) is 12.9. The van der Waals surface area contributed by atoms with Gasteiger partial charge in [-0.15, -0.1) is 0 Å². The molecule has 1 heterocycles. The number of primary amides is 1. The van der Waals surface area contributed by atoms with E-state index in [1.165, 1.54) is 0 Å². The van der Waals surface area contributed by atoms with Gasteiger partial charge in [0.25, 0.3) is 5.92 Å². The average molecular weight is 258 g/mol. The number of benzene rings is 1. The van der Waals surface area contributed by atoms with Crippen molar-refractivity contribution in [1.82, 2.24) is 5.32 Å². The highest BCUT2D eigenvalue weighted by molar-refractivity contribution is 5.80. The fraction of sp³-hybridized carbons (Fsp3) is 0.417. The second-order valence-corrected chi connectivity index (χ2v) is 4.43. The van der Waals surface area contributed by atoms with Crippen molar-refractivity contribution in [3.8, 4) is 0 Å². The molecule has 2 unspecified atom stereocenters. The smallest absolute Gasteiger partial charge is 0.277 e. The van der Waals surface area contributed by atoms with Crippen molar-refractivity contribution in [1.29, 1.82) is 0 Å². The largest absolute Gasteiger partial charge is 0.368 e. The summed E-state index contributed by atoms with van der Waals surface area (Å²) in [5.41, 5.74) is 4.82. The van der Waals surface area contributed by atoms with Gasteiger partial charge >= 0.3 is 0 Å². The summed E-state index contributed by atoms with van der Waals surface area (Å²) in [5, 5.41) is 2.66. The number of carbonyl (C=O) groups is 1. The summed E-state index contributed by atoms with van der Waals surface area (Å²) >= 11 is 0. The molecule has 6 heteroatoms. The number of carbonyl (C=O) groups excluding carboxylic acids is 1. The quantitative estimate of drug-likeness (QED) is 0.860. The summed E-state index contributed by atoms with van der Waals surface area (Å²) in [6.07, 6.45) is -0.0142. The molecule has 1 aromatic rings. The summed E-state index contributed by atoms with van der Waals surface area (Å²) in [5.74, 6) is -5.31. The molecule has 0 radical (unpaired) electrons. The van der Waals surface area contributed by atoms with Gasteiger partial charge in [0.05, 0.1) is 6.04 Å². The molecule has 2 atom stereocenters. The number of hydrogen-bond acceptors (Lipinski definition) is 2. The summed E-state index contributed by atoms with van der Waals surface area (Å²) in [4.78, 5) is 10.9. The highest BCUT2D eigenvalue weighted by Crippen LogP contribution is 2.40. The lowest BCUT2D eigenvalue weighted by atomic mass is 9.92. The first-order chi connectivity index (χ1) is 8.41. The third-order valence-corrected chi connectivity index (χ3v) is 3.22. The minimum atomic E-state index is -3.11.